The van der Waals surface area contributed by atoms with E-state index in [1.807, 2.05) is 23.5 Å². The molecule has 1 aliphatic heterocycles. The summed E-state index contributed by atoms with van der Waals surface area (Å²) in [6.07, 6.45) is 0. The molecule has 0 saturated carbocycles. The first-order chi connectivity index (χ1) is 27.5. The van der Waals surface area contributed by atoms with Crippen LogP contribution >= 0.6 is 23.5 Å². The van der Waals surface area contributed by atoms with Gasteiger partial charge in [0.05, 0.1) is 5.69 Å². The van der Waals surface area contributed by atoms with Gasteiger partial charge < -0.3 is 4.90 Å². The van der Waals surface area contributed by atoms with Gasteiger partial charge in [0.15, 0.2) is 0 Å². The van der Waals surface area contributed by atoms with Crippen molar-refractivity contribution in [2.75, 3.05) is 4.90 Å². The van der Waals surface area contributed by atoms with Gasteiger partial charge in [0.2, 0.25) is 0 Å². The van der Waals surface area contributed by atoms with Gasteiger partial charge in [-0.1, -0.05) is 165 Å². The fourth-order valence-electron chi connectivity index (χ4n) is 8.84. The van der Waals surface area contributed by atoms with Gasteiger partial charge in [-0.15, -0.1) is 0 Å². The SMILES string of the molecule is CC1(C)c2ccc(-c3ccc(N(c4ccc(-c5ccccc5)cc4)c4cc5ccccc5c5ccccc45)cc3)cc2-c2cc3c(cc21)Sc1ccccc1S3. The summed E-state index contributed by atoms with van der Waals surface area (Å²) in [5.74, 6) is 0. The lowest BCUT2D eigenvalue weighted by Gasteiger charge is -2.28. The molecule has 0 radical (unpaired) electrons. The maximum atomic E-state index is 2.46. The molecule has 0 N–H and O–H groups in total. The summed E-state index contributed by atoms with van der Waals surface area (Å²) >= 11 is 3.80. The summed E-state index contributed by atoms with van der Waals surface area (Å²) < 4.78 is 0. The average molecular weight is 752 g/mol. The molecule has 1 nitrogen and oxygen atoms in total. The zero-order valence-corrected chi connectivity index (χ0v) is 32.8. The largest absolute Gasteiger partial charge is 0.310 e. The van der Waals surface area contributed by atoms with Gasteiger partial charge in [-0.2, -0.15) is 0 Å². The Bertz CT molecular complexity index is 2980. The Labute approximate surface area is 336 Å². The first-order valence-electron chi connectivity index (χ1n) is 19.2. The van der Waals surface area contributed by atoms with E-state index in [1.54, 1.807) is 0 Å². The van der Waals surface area contributed by atoms with Crippen LogP contribution in [0.25, 0.3) is 54.9 Å². The molecule has 0 aromatic heterocycles. The minimum absolute atomic E-state index is 0.0660. The predicted molar refractivity (Wildman–Crippen MR) is 239 cm³/mol. The fraction of sp³-hybridized carbons (Fsp3) is 0.0566. The normalized spacial score (nSPS) is 13.5. The highest BCUT2D eigenvalue weighted by molar-refractivity contribution is 8.05. The minimum Gasteiger partial charge on any atom is -0.310 e. The van der Waals surface area contributed by atoms with Crippen molar-refractivity contribution in [2.24, 2.45) is 0 Å². The minimum atomic E-state index is -0.0660. The second-order valence-electron chi connectivity index (χ2n) is 15.3. The van der Waals surface area contributed by atoms with Crippen LogP contribution in [0.2, 0.25) is 0 Å². The number of anilines is 3. The molecule has 56 heavy (non-hydrogen) atoms. The number of fused-ring (bicyclic) bond motifs is 8. The molecule has 266 valence electrons. The Morgan fingerprint density at radius 3 is 1.59 bits per heavy atom. The molecule has 0 atom stereocenters. The number of hydrogen-bond acceptors (Lipinski definition) is 3. The van der Waals surface area contributed by atoms with Gasteiger partial charge in [-0.25, -0.2) is 0 Å². The van der Waals surface area contributed by atoms with E-state index in [4.69, 9.17) is 0 Å². The zero-order chi connectivity index (χ0) is 37.4. The zero-order valence-electron chi connectivity index (χ0n) is 31.2. The molecular weight excluding hydrogens is 715 g/mol. The van der Waals surface area contributed by atoms with Crippen molar-refractivity contribution < 1.29 is 0 Å². The number of benzene rings is 9. The van der Waals surface area contributed by atoms with E-state index in [1.165, 1.54) is 85.6 Å². The molecule has 9 aromatic carbocycles. The third-order valence-corrected chi connectivity index (χ3v) is 14.2. The molecule has 2 aliphatic rings. The van der Waals surface area contributed by atoms with E-state index in [0.717, 1.165) is 17.1 Å². The topological polar surface area (TPSA) is 3.24 Å². The summed E-state index contributed by atoms with van der Waals surface area (Å²) in [4.78, 5) is 7.83. The van der Waals surface area contributed by atoms with Crippen LogP contribution in [0, 0.1) is 0 Å². The smallest absolute Gasteiger partial charge is 0.0546 e. The van der Waals surface area contributed by atoms with Crippen molar-refractivity contribution in [3.8, 4) is 33.4 Å². The van der Waals surface area contributed by atoms with Crippen LogP contribution in [0.1, 0.15) is 25.0 Å². The van der Waals surface area contributed by atoms with Gasteiger partial charge in [-0.05, 0) is 121 Å². The Morgan fingerprint density at radius 2 is 0.893 bits per heavy atom. The van der Waals surface area contributed by atoms with Crippen LogP contribution in [-0.2, 0) is 5.41 Å². The highest BCUT2D eigenvalue weighted by Gasteiger charge is 2.37. The fourth-order valence-corrected chi connectivity index (χ4v) is 11.1. The van der Waals surface area contributed by atoms with Crippen LogP contribution < -0.4 is 4.90 Å². The number of nitrogens with zero attached hydrogens (tertiary/aromatic N) is 1. The molecule has 1 heterocycles. The Kier molecular flexibility index (Phi) is 7.77. The lowest BCUT2D eigenvalue weighted by molar-refractivity contribution is 0.657. The molecule has 0 saturated heterocycles. The van der Waals surface area contributed by atoms with Crippen molar-refractivity contribution in [3.05, 3.63) is 199 Å². The molecule has 0 spiro atoms. The van der Waals surface area contributed by atoms with Gasteiger partial charge in [0.1, 0.15) is 0 Å². The van der Waals surface area contributed by atoms with Gasteiger partial charge in [0.25, 0.3) is 0 Å². The third-order valence-electron chi connectivity index (χ3n) is 11.7. The summed E-state index contributed by atoms with van der Waals surface area (Å²) in [5.41, 5.74) is 13.7. The third kappa shape index (κ3) is 5.41. The van der Waals surface area contributed by atoms with Crippen LogP contribution in [0.15, 0.2) is 208 Å². The summed E-state index contributed by atoms with van der Waals surface area (Å²) in [6.45, 7) is 4.76. The average Bonchev–Trinajstić information content (AvgIpc) is 3.47. The van der Waals surface area contributed by atoms with Gasteiger partial charge in [-0.3, -0.25) is 0 Å². The molecule has 11 rings (SSSR count). The molecule has 0 unspecified atom stereocenters. The first-order valence-corrected chi connectivity index (χ1v) is 20.9. The summed E-state index contributed by atoms with van der Waals surface area (Å²) in [5, 5.41) is 4.98. The Balaban J connectivity index is 1.01. The molecule has 9 aromatic rings. The van der Waals surface area contributed by atoms with E-state index >= 15 is 0 Å². The summed E-state index contributed by atoms with van der Waals surface area (Å²) in [7, 11) is 0. The van der Waals surface area contributed by atoms with Crippen molar-refractivity contribution >= 4 is 62.1 Å². The van der Waals surface area contributed by atoms with Crippen molar-refractivity contribution in [1.29, 1.82) is 0 Å². The van der Waals surface area contributed by atoms with Crippen molar-refractivity contribution in [2.45, 2.75) is 38.8 Å². The molecule has 0 bridgehead atoms. The molecule has 0 fully saturated rings. The summed E-state index contributed by atoms with van der Waals surface area (Å²) in [6, 6.07) is 69.5. The highest BCUT2D eigenvalue weighted by atomic mass is 32.2. The highest BCUT2D eigenvalue weighted by Crippen LogP contribution is 2.56. The molecule has 1 aliphatic carbocycles. The Hall–Kier alpha value is -6.00. The second-order valence-corrected chi connectivity index (χ2v) is 17.5. The lowest BCUT2D eigenvalue weighted by Crippen LogP contribution is -2.15. The van der Waals surface area contributed by atoms with Crippen LogP contribution in [-0.4, -0.2) is 0 Å². The number of hydrogen-bond donors (Lipinski definition) is 0. The number of rotatable bonds is 5. The van der Waals surface area contributed by atoms with Gasteiger partial charge in [0, 0.05) is 41.8 Å². The quantitative estimate of drug-likeness (QED) is 0.161. The lowest BCUT2D eigenvalue weighted by atomic mass is 9.82. The van der Waals surface area contributed by atoms with E-state index < -0.39 is 0 Å². The standard InChI is InChI=1S/C53H37NS2/c1-53(2)46-29-24-37(30-44(46)45-32-51-52(33-47(45)53)56-50-19-11-10-18-49(50)55-51)36-22-27-40(28-23-36)54(39-25-20-35(21-26-39)34-12-4-3-5-13-34)48-31-38-14-6-7-15-41(38)42-16-8-9-17-43(42)48/h3-33H,1-2H3. The first kappa shape index (κ1) is 33.3. The maximum Gasteiger partial charge on any atom is 0.0546 e. The molecule has 3 heteroatoms. The van der Waals surface area contributed by atoms with Crippen LogP contribution in [0.3, 0.4) is 0 Å². The van der Waals surface area contributed by atoms with Crippen molar-refractivity contribution in [3.63, 3.8) is 0 Å². The maximum absolute atomic E-state index is 2.46. The second kappa shape index (κ2) is 13.1. The van der Waals surface area contributed by atoms with Crippen molar-refractivity contribution in [1.82, 2.24) is 0 Å². The Morgan fingerprint density at radius 1 is 0.375 bits per heavy atom. The van der Waals surface area contributed by atoms with E-state index in [9.17, 15) is 0 Å². The van der Waals surface area contributed by atoms with Crippen LogP contribution in [0.4, 0.5) is 17.1 Å². The van der Waals surface area contributed by atoms with E-state index in [0.29, 0.717) is 0 Å². The monoisotopic (exact) mass is 751 g/mol. The van der Waals surface area contributed by atoms with Gasteiger partial charge >= 0.3 is 0 Å². The molecule has 0 amide bonds. The van der Waals surface area contributed by atoms with E-state index in [2.05, 4.69) is 207 Å². The van der Waals surface area contributed by atoms with E-state index in [-0.39, 0.29) is 5.41 Å². The predicted octanol–water partition coefficient (Wildman–Crippen LogP) is 15.7. The van der Waals surface area contributed by atoms with Crippen LogP contribution in [0.5, 0.6) is 0 Å². The molecular formula is C53H37NS2.